The standard InChI is InChI=1S/C23H21F2N5/c24-18-4-1-5-19(25)22(18)20-6-7-21-23(30-20)17(13-28-21)14-9-16(12-27-10-14)29-15-3-2-8-26-11-15/h1,4-7,9-10,12-13,15,26,28-29H,2-3,8,11H2. The van der Waals surface area contributed by atoms with Gasteiger partial charge in [-0.3, -0.25) is 4.98 Å². The summed E-state index contributed by atoms with van der Waals surface area (Å²) in [7, 11) is 0. The number of aromatic nitrogens is 3. The number of H-pyrrole nitrogens is 1. The summed E-state index contributed by atoms with van der Waals surface area (Å²) in [6.45, 7) is 1.98. The number of hydrogen-bond donors (Lipinski definition) is 3. The molecule has 1 aliphatic rings. The van der Waals surface area contributed by atoms with Crippen LogP contribution in [0.25, 0.3) is 33.4 Å². The van der Waals surface area contributed by atoms with E-state index in [1.165, 1.54) is 18.2 Å². The highest BCUT2D eigenvalue weighted by molar-refractivity contribution is 5.94. The van der Waals surface area contributed by atoms with Gasteiger partial charge in [-0.25, -0.2) is 13.8 Å². The lowest BCUT2D eigenvalue weighted by Gasteiger charge is -2.24. The second kappa shape index (κ2) is 7.84. The van der Waals surface area contributed by atoms with Crippen molar-refractivity contribution in [3.63, 3.8) is 0 Å². The number of aromatic amines is 1. The normalized spacial score (nSPS) is 16.7. The van der Waals surface area contributed by atoms with Gasteiger partial charge in [0, 0.05) is 42.3 Å². The van der Waals surface area contributed by atoms with E-state index in [0.717, 1.165) is 48.3 Å². The van der Waals surface area contributed by atoms with Crippen molar-refractivity contribution in [3.8, 4) is 22.4 Å². The highest BCUT2D eigenvalue weighted by Crippen LogP contribution is 2.32. The first-order valence-electron chi connectivity index (χ1n) is 10.0. The van der Waals surface area contributed by atoms with Crippen molar-refractivity contribution in [2.45, 2.75) is 18.9 Å². The number of benzene rings is 1. The fraction of sp³-hybridized carbons (Fsp3) is 0.217. The summed E-state index contributed by atoms with van der Waals surface area (Å²) in [5.41, 5.74) is 4.23. The number of anilines is 1. The maximum Gasteiger partial charge on any atom is 0.135 e. The van der Waals surface area contributed by atoms with E-state index >= 15 is 0 Å². The molecule has 4 aromatic rings. The van der Waals surface area contributed by atoms with Crippen molar-refractivity contribution in [3.05, 3.63) is 66.6 Å². The van der Waals surface area contributed by atoms with E-state index in [4.69, 9.17) is 0 Å². The minimum Gasteiger partial charge on any atom is -0.380 e. The first-order valence-corrected chi connectivity index (χ1v) is 10.0. The predicted molar refractivity (Wildman–Crippen MR) is 114 cm³/mol. The second-order valence-corrected chi connectivity index (χ2v) is 7.54. The lowest BCUT2D eigenvalue weighted by atomic mass is 10.1. The number of pyridine rings is 2. The van der Waals surface area contributed by atoms with Gasteiger partial charge in [0.15, 0.2) is 0 Å². The second-order valence-electron chi connectivity index (χ2n) is 7.54. The van der Waals surface area contributed by atoms with Crippen LogP contribution in [-0.4, -0.2) is 34.1 Å². The first-order chi connectivity index (χ1) is 14.7. The zero-order valence-corrected chi connectivity index (χ0v) is 16.3. The van der Waals surface area contributed by atoms with Gasteiger partial charge in [-0.1, -0.05) is 6.07 Å². The summed E-state index contributed by atoms with van der Waals surface area (Å²) >= 11 is 0. The van der Waals surface area contributed by atoms with Crippen LogP contribution in [-0.2, 0) is 0 Å². The summed E-state index contributed by atoms with van der Waals surface area (Å²) < 4.78 is 28.5. The van der Waals surface area contributed by atoms with Crippen LogP contribution >= 0.6 is 0 Å². The topological polar surface area (TPSA) is 65.6 Å². The minimum atomic E-state index is -0.632. The van der Waals surface area contributed by atoms with Gasteiger partial charge in [0.05, 0.1) is 28.0 Å². The van der Waals surface area contributed by atoms with Crippen molar-refractivity contribution in [2.75, 3.05) is 18.4 Å². The third-order valence-electron chi connectivity index (χ3n) is 5.46. The van der Waals surface area contributed by atoms with Crippen LogP contribution in [0.1, 0.15) is 12.8 Å². The molecule has 0 saturated carbocycles. The van der Waals surface area contributed by atoms with Gasteiger partial charge in [-0.2, -0.15) is 0 Å². The lowest BCUT2D eigenvalue weighted by molar-refractivity contribution is 0.480. The van der Waals surface area contributed by atoms with E-state index in [9.17, 15) is 8.78 Å². The molecule has 3 N–H and O–H groups in total. The van der Waals surface area contributed by atoms with Gasteiger partial charge in [0.2, 0.25) is 0 Å². The Kier molecular flexibility index (Phi) is 4.88. The molecule has 0 aliphatic carbocycles. The van der Waals surface area contributed by atoms with Gasteiger partial charge >= 0.3 is 0 Å². The fourth-order valence-corrected chi connectivity index (χ4v) is 3.98. The number of rotatable bonds is 4. The average Bonchev–Trinajstić information content (AvgIpc) is 3.18. The summed E-state index contributed by atoms with van der Waals surface area (Å²) in [5.74, 6) is -1.26. The molecule has 5 nitrogen and oxygen atoms in total. The monoisotopic (exact) mass is 405 g/mol. The van der Waals surface area contributed by atoms with E-state index in [0.29, 0.717) is 11.6 Å². The molecule has 1 atom stereocenters. The molecule has 3 aromatic heterocycles. The number of nitrogens with one attached hydrogen (secondary N) is 3. The van der Waals surface area contributed by atoms with Crippen LogP contribution in [0.3, 0.4) is 0 Å². The van der Waals surface area contributed by atoms with Gasteiger partial charge in [-0.05, 0) is 49.7 Å². The Morgan fingerprint density at radius 3 is 2.73 bits per heavy atom. The maximum atomic E-state index is 14.2. The van der Waals surface area contributed by atoms with Crippen LogP contribution in [0.4, 0.5) is 14.5 Å². The molecule has 7 heteroatoms. The maximum absolute atomic E-state index is 14.2. The zero-order chi connectivity index (χ0) is 20.5. The Labute approximate surface area is 172 Å². The molecule has 4 heterocycles. The number of hydrogen-bond acceptors (Lipinski definition) is 4. The van der Waals surface area contributed by atoms with Crippen molar-refractivity contribution in [1.29, 1.82) is 0 Å². The molecule has 30 heavy (non-hydrogen) atoms. The molecule has 0 bridgehead atoms. The van der Waals surface area contributed by atoms with E-state index in [1.54, 1.807) is 24.5 Å². The highest BCUT2D eigenvalue weighted by Gasteiger charge is 2.16. The Bertz CT molecular complexity index is 1180. The molecule has 5 rings (SSSR count). The third-order valence-corrected chi connectivity index (χ3v) is 5.46. The molecular weight excluding hydrogens is 384 g/mol. The Morgan fingerprint density at radius 2 is 1.93 bits per heavy atom. The van der Waals surface area contributed by atoms with Gasteiger partial charge in [0.1, 0.15) is 11.6 Å². The van der Waals surface area contributed by atoms with Crippen LogP contribution in [0.15, 0.2) is 55.0 Å². The van der Waals surface area contributed by atoms with Crippen molar-refractivity contribution >= 4 is 16.7 Å². The minimum absolute atomic E-state index is 0.120. The summed E-state index contributed by atoms with van der Waals surface area (Å²) in [6.07, 6.45) is 7.68. The molecule has 1 saturated heterocycles. The van der Waals surface area contributed by atoms with Crippen molar-refractivity contribution < 1.29 is 8.78 Å². The van der Waals surface area contributed by atoms with Gasteiger partial charge in [-0.15, -0.1) is 0 Å². The SMILES string of the molecule is Fc1cccc(F)c1-c1ccc2[nH]cc(-c3cncc(NC4CCCNC4)c3)c2n1. The zero-order valence-electron chi connectivity index (χ0n) is 16.3. The van der Waals surface area contributed by atoms with Crippen molar-refractivity contribution in [2.24, 2.45) is 0 Å². The van der Waals surface area contributed by atoms with E-state index in [1.807, 2.05) is 12.3 Å². The smallest absolute Gasteiger partial charge is 0.135 e. The summed E-state index contributed by atoms with van der Waals surface area (Å²) in [5, 5.41) is 6.92. The third kappa shape index (κ3) is 3.52. The molecule has 1 aliphatic heterocycles. The van der Waals surface area contributed by atoms with Gasteiger partial charge in [0.25, 0.3) is 0 Å². The number of piperidine rings is 1. The molecule has 1 unspecified atom stereocenters. The average molecular weight is 405 g/mol. The Hall–Kier alpha value is -3.32. The largest absolute Gasteiger partial charge is 0.380 e. The van der Waals surface area contributed by atoms with E-state index in [2.05, 4.69) is 25.6 Å². The van der Waals surface area contributed by atoms with Crippen LogP contribution in [0.5, 0.6) is 0 Å². The summed E-state index contributed by atoms with van der Waals surface area (Å²) in [6, 6.07) is 9.63. The Balaban J connectivity index is 1.53. The molecule has 0 amide bonds. The van der Waals surface area contributed by atoms with E-state index in [-0.39, 0.29) is 11.3 Å². The number of fused-ring (bicyclic) bond motifs is 1. The quantitative estimate of drug-likeness (QED) is 0.459. The molecule has 0 spiro atoms. The predicted octanol–water partition coefficient (Wildman–Crippen LogP) is 4.73. The van der Waals surface area contributed by atoms with Gasteiger partial charge < -0.3 is 15.6 Å². The van der Waals surface area contributed by atoms with Crippen LogP contribution < -0.4 is 10.6 Å². The van der Waals surface area contributed by atoms with Crippen LogP contribution in [0, 0.1) is 11.6 Å². The first kappa shape index (κ1) is 18.7. The molecule has 1 fully saturated rings. The van der Waals surface area contributed by atoms with Crippen LogP contribution in [0.2, 0.25) is 0 Å². The summed E-state index contributed by atoms with van der Waals surface area (Å²) in [4.78, 5) is 12.1. The highest BCUT2D eigenvalue weighted by atomic mass is 19.1. The molecule has 152 valence electrons. The molecular formula is C23H21F2N5. The van der Waals surface area contributed by atoms with E-state index < -0.39 is 11.6 Å². The number of halogens is 2. The Morgan fingerprint density at radius 1 is 1.07 bits per heavy atom. The molecule has 0 radical (unpaired) electrons. The van der Waals surface area contributed by atoms with Crippen molar-refractivity contribution in [1.82, 2.24) is 20.3 Å². The molecule has 1 aromatic carbocycles. The number of nitrogens with zero attached hydrogens (tertiary/aromatic N) is 2. The lowest BCUT2D eigenvalue weighted by Crippen LogP contribution is -2.38. The fourth-order valence-electron chi connectivity index (χ4n) is 3.98.